The molecule has 1 aliphatic heterocycles. The molecule has 0 N–H and O–H groups in total. The minimum Gasteiger partial charge on any atom is -0.458 e. The molecule has 1 heterocycles. The number of fused-ring (bicyclic) bond motifs is 3. The predicted molar refractivity (Wildman–Crippen MR) is 71.3 cm³/mol. The summed E-state index contributed by atoms with van der Waals surface area (Å²) in [4.78, 5) is 11.7. The van der Waals surface area contributed by atoms with Crippen molar-refractivity contribution < 1.29 is 9.53 Å². The van der Waals surface area contributed by atoms with Gasteiger partial charge >= 0.3 is 5.97 Å². The second-order valence-electron chi connectivity index (χ2n) is 5.61. The van der Waals surface area contributed by atoms with Crippen molar-refractivity contribution in [1.82, 2.24) is 0 Å². The van der Waals surface area contributed by atoms with E-state index in [4.69, 9.17) is 16.3 Å². The van der Waals surface area contributed by atoms with Crippen LogP contribution in [-0.2, 0) is 9.53 Å². The Kier molecular flexibility index (Phi) is 2.67. The molecular weight excluding hydrogens is 248 g/mol. The molecule has 3 rings (SSSR count). The van der Waals surface area contributed by atoms with Crippen LogP contribution in [-0.4, -0.2) is 17.5 Å². The Balaban J connectivity index is 2.01. The van der Waals surface area contributed by atoms with Crippen molar-refractivity contribution >= 4 is 17.6 Å². The SMILES string of the molecule is C=C1[C@@H]2[C@H]3OC(=O)C(=C)[C@@H]3CCC(=C)[C@@H]2C[C@H]1Cl. The number of allylic oxidation sites excluding steroid dienone is 1. The largest absolute Gasteiger partial charge is 0.458 e. The van der Waals surface area contributed by atoms with Gasteiger partial charge in [0.2, 0.25) is 0 Å². The quantitative estimate of drug-likeness (QED) is 0.291. The standard InChI is InChI=1S/C15H17ClO2/c1-7-4-5-10-8(2)15(17)18-14(10)13-9(3)12(16)6-11(7)13/h10-14H,1-6H2/t10-,11-,12+,13-,14-/m0/s1. The summed E-state index contributed by atoms with van der Waals surface area (Å²) in [6, 6.07) is 0. The number of hydrogen-bond donors (Lipinski definition) is 0. The molecule has 2 nitrogen and oxygen atoms in total. The average molecular weight is 265 g/mol. The van der Waals surface area contributed by atoms with Crippen molar-refractivity contribution in [2.75, 3.05) is 0 Å². The van der Waals surface area contributed by atoms with E-state index in [2.05, 4.69) is 19.7 Å². The van der Waals surface area contributed by atoms with Crippen LogP contribution in [0.2, 0.25) is 0 Å². The molecule has 2 saturated carbocycles. The van der Waals surface area contributed by atoms with Crippen LogP contribution in [0, 0.1) is 17.8 Å². The number of ether oxygens (including phenoxy) is 1. The minimum absolute atomic E-state index is 0.0249. The van der Waals surface area contributed by atoms with Gasteiger partial charge in [-0.2, -0.15) is 0 Å². The van der Waals surface area contributed by atoms with Gasteiger partial charge in [-0.1, -0.05) is 30.9 Å². The molecule has 0 bridgehead atoms. The van der Waals surface area contributed by atoms with Gasteiger partial charge in [0.1, 0.15) is 6.10 Å². The van der Waals surface area contributed by atoms with Crippen LogP contribution >= 0.6 is 11.6 Å². The zero-order chi connectivity index (χ0) is 13.0. The Labute approximate surface area is 112 Å². The van der Waals surface area contributed by atoms with Gasteiger partial charge in [0.15, 0.2) is 0 Å². The van der Waals surface area contributed by atoms with E-state index in [1.165, 1.54) is 5.57 Å². The first-order valence-corrected chi connectivity index (χ1v) is 6.84. The van der Waals surface area contributed by atoms with Gasteiger partial charge in [0.25, 0.3) is 0 Å². The molecule has 5 atom stereocenters. The summed E-state index contributed by atoms with van der Waals surface area (Å²) in [5.74, 6) is 0.314. The van der Waals surface area contributed by atoms with Gasteiger partial charge < -0.3 is 4.74 Å². The van der Waals surface area contributed by atoms with Crippen molar-refractivity contribution in [3.63, 3.8) is 0 Å². The molecule has 2 aliphatic carbocycles. The molecule has 0 aromatic carbocycles. The molecule has 0 aromatic heterocycles. The summed E-state index contributed by atoms with van der Waals surface area (Å²) in [7, 11) is 0. The van der Waals surface area contributed by atoms with Crippen molar-refractivity contribution in [2.24, 2.45) is 17.8 Å². The predicted octanol–water partition coefficient (Wildman–Crippen LogP) is 3.23. The van der Waals surface area contributed by atoms with Gasteiger partial charge in [-0.05, 0) is 25.2 Å². The number of halogens is 1. The maximum Gasteiger partial charge on any atom is 0.334 e. The molecule has 0 amide bonds. The van der Waals surface area contributed by atoms with Crippen LogP contribution in [0.4, 0.5) is 0 Å². The lowest BCUT2D eigenvalue weighted by Gasteiger charge is -2.26. The van der Waals surface area contributed by atoms with Crippen molar-refractivity contribution in [3.05, 3.63) is 36.5 Å². The molecular formula is C15H17ClO2. The van der Waals surface area contributed by atoms with Crippen LogP contribution in [0.5, 0.6) is 0 Å². The molecule has 0 unspecified atom stereocenters. The first kappa shape index (κ1) is 12.0. The molecule has 18 heavy (non-hydrogen) atoms. The number of alkyl halides is 1. The summed E-state index contributed by atoms with van der Waals surface area (Å²) in [6.45, 7) is 12.2. The van der Waals surface area contributed by atoms with Crippen molar-refractivity contribution in [3.8, 4) is 0 Å². The third kappa shape index (κ3) is 1.51. The topological polar surface area (TPSA) is 26.3 Å². The number of esters is 1. The molecule has 0 aromatic rings. The van der Waals surface area contributed by atoms with E-state index < -0.39 is 0 Å². The van der Waals surface area contributed by atoms with Crippen LogP contribution in [0.25, 0.3) is 0 Å². The molecule has 3 fully saturated rings. The van der Waals surface area contributed by atoms with Crippen LogP contribution in [0.1, 0.15) is 19.3 Å². The monoisotopic (exact) mass is 264 g/mol. The summed E-state index contributed by atoms with van der Waals surface area (Å²) in [5.41, 5.74) is 2.84. The fourth-order valence-corrected chi connectivity index (χ4v) is 4.01. The van der Waals surface area contributed by atoms with Gasteiger partial charge in [-0.3, -0.25) is 0 Å². The van der Waals surface area contributed by atoms with Crippen LogP contribution in [0.3, 0.4) is 0 Å². The number of carbonyl (C=O) groups excluding carboxylic acids is 1. The van der Waals surface area contributed by atoms with E-state index >= 15 is 0 Å². The van der Waals surface area contributed by atoms with Crippen molar-refractivity contribution in [2.45, 2.75) is 30.7 Å². The van der Waals surface area contributed by atoms with Crippen LogP contribution in [0.15, 0.2) is 36.5 Å². The van der Waals surface area contributed by atoms with E-state index in [1.54, 1.807) is 0 Å². The Bertz CT molecular complexity index is 465. The maximum atomic E-state index is 11.7. The Hall–Kier alpha value is -1.02. The van der Waals surface area contributed by atoms with E-state index in [-0.39, 0.29) is 29.3 Å². The van der Waals surface area contributed by atoms with E-state index in [9.17, 15) is 4.79 Å². The summed E-state index contributed by atoms with van der Waals surface area (Å²) in [6.07, 6.45) is 2.58. The fourth-order valence-electron chi connectivity index (χ4n) is 3.67. The van der Waals surface area contributed by atoms with Gasteiger partial charge in [-0.25, -0.2) is 4.79 Å². The molecule has 3 aliphatic rings. The summed E-state index contributed by atoms with van der Waals surface area (Å²) >= 11 is 6.32. The molecule has 96 valence electrons. The van der Waals surface area contributed by atoms with E-state index in [1.807, 2.05) is 0 Å². The Morgan fingerprint density at radius 3 is 2.67 bits per heavy atom. The highest BCUT2D eigenvalue weighted by molar-refractivity contribution is 6.22. The first-order chi connectivity index (χ1) is 8.50. The number of hydrogen-bond acceptors (Lipinski definition) is 2. The molecule has 3 heteroatoms. The summed E-state index contributed by atoms with van der Waals surface area (Å²) in [5, 5.41) is -0.0249. The molecule has 0 spiro atoms. The van der Waals surface area contributed by atoms with Crippen molar-refractivity contribution in [1.29, 1.82) is 0 Å². The van der Waals surface area contributed by atoms with Gasteiger partial charge in [-0.15, -0.1) is 11.6 Å². The first-order valence-electron chi connectivity index (χ1n) is 6.41. The number of carbonyl (C=O) groups is 1. The lowest BCUT2D eigenvalue weighted by atomic mass is 9.82. The average Bonchev–Trinajstić information content (AvgIpc) is 2.72. The Morgan fingerprint density at radius 1 is 1.22 bits per heavy atom. The third-order valence-corrected chi connectivity index (χ3v) is 5.19. The highest BCUT2D eigenvalue weighted by Crippen LogP contribution is 2.53. The maximum absolute atomic E-state index is 11.7. The van der Waals surface area contributed by atoms with Gasteiger partial charge in [0, 0.05) is 17.4 Å². The van der Waals surface area contributed by atoms with E-state index in [0.717, 1.165) is 24.8 Å². The minimum atomic E-state index is -0.248. The second-order valence-corrected chi connectivity index (χ2v) is 6.14. The highest BCUT2D eigenvalue weighted by Gasteiger charge is 2.52. The zero-order valence-electron chi connectivity index (χ0n) is 10.3. The highest BCUT2D eigenvalue weighted by atomic mass is 35.5. The van der Waals surface area contributed by atoms with Crippen LogP contribution < -0.4 is 0 Å². The smallest absolute Gasteiger partial charge is 0.334 e. The molecule has 1 saturated heterocycles. The van der Waals surface area contributed by atoms with Gasteiger partial charge in [0.05, 0.1) is 5.38 Å². The fraction of sp³-hybridized carbons (Fsp3) is 0.533. The lowest BCUT2D eigenvalue weighted by Crippen LogP contribution is -2.29. The normalized spacial score (nSPS) is 43.5. The Morgan fingerprint density at radius 2 is 1.94 bits per heavy atom. The van der Waals surface area contributed by atoms with E-state index in [0.29, 0.717) is 11.5 Å². The number of rotatable bonds is 0. The zero-order valence-corrected chi connectivity index (χ0v) is 11.1. The lowest BCUT2D eigenvalue weighted by molar-refractivity contribution is -0.141. The molecule has 0 radical (unpaired) electrons. The second kappa shape index (κ2) is 3.99. The third-order valence-electron chi connectivity index (χ3n) is 4.73. The summed E-state index contributed by atoms with van der Waals surface area (Å²) < 4.78 is 5.54.